The molecule has 5 heteroatoms. The molecular formula is C12H26N2O2S. The van der Waals surface area contributed by atoms with Crippen LogP contribution in [-0.4, -0.2) is 42.2 Å². The van der Waals surface area contributed by atoms with Crippen molar-refractivity contribution in [1.82, 2.24) is 8.61 Å². The van der Waals surface area contributed by atoms with Crippen molar-refractivity contribution in [3.05, 3.63) is 0 Å². The van der Waals surface area contributed by atoms with Gasteiger partial charge in [0, 0.05) is 25.2 Å². The Hall–Kier alpha value is -0.130. The van der Waals surface area contributed by atoms with Gasteiger partial charge in [0.15, 0.2) is 0 Å². The molecule has 1 saturated carbocycles. The van der Waals surface area contributed by atoms with Crippen LogP contribution in [0.2, 0.25) is 0 Å². The average Bonchev–Trinajstić information content (AvgIpc) is 3.02. The van der Waals surface area contributed by atoms with E-state index in [1.165, 1.54) is 0 Å². The summed E-state index contributed by atoms with van der Waals surface area (Å²) >= 11 is 0. The minimum Gasteiger partial charge on any atom is -0.195 e. The summed E-state index contributed by atoms with van der Waals surface area (Å²) in [5.41, 5.74) is 0. The minimum atomic E-state index is -3.28. The Morgan fingerprint density at radius 1 is 1.12 bits per heavy atom. The van der Waals surface area contributed by atoms with Gasteiger partial charge in [-0.25, -0.2) is 0 Å². The Kier molecular flexibility index (Phi) is 4.98. The van der Waals surface area contributed by atoms with E-state index in [1.54, 1.807) is 8.61 Å². The molecule has 1 unspecified atom stereocenters. The van der Waals surface area contributed by atoms with E-state index in [2.05, 4.69) is 13.8 Å². The zero-order valence-corrected chi connectivity index (χ0v) is 12.5. The van der Waals surface area contributed by atoms with E-state index >= 15 is 0 Å². The quantitative estimate of drug-likeness (QED) is 0.705. The zero-order valence-electron chi connectivity index (χ0n) is 11.7. The molecule has 4 nitrogen and oxygen atoms in total. The van der Waals surface area contributed by atoms with E-state index in [9.17, 15) is 8.42 Å². The molecule has 1 atom stereocenters. The lowest BCUT2D eigenvalue weighted by Gasteiger charge is -2.34. The Labute approximate surface area is 106 Å². The monoisotopic (exact) mass is 262 g/mol. The van der Waals surface area contributed by atoms with Crippen LogP contribution in [0.15, 0.2) is 0 Å². The Morgan fingerprint density at radius 2 is 1.59 bits per heavy atom. The molecule has 0 aliphatic heterocycles. The molecule has 0 aromatic heterocycles. The van der Waals surface area contributed by atoms with Gasteiger partial charge in [-0.3, -0.25) is 0 Å². The Morgan fingerprint density at radius 3 is 1.88 bits per heavy atom. The van der Waals surface area contributed by atoms with E-state index in [-0.39, 0.29) is 12.1 Å². The number of nitrogens with zero attached hydrogens (tertiary/aromatic N) is 2. The summed E-state index contributed by atoms with van der Waals surface area (Å²) in [5.74, 6) is 0.348. The van der Waals surface area contributed by atoms with Gasteiger partial charge in [0.2, 0.25) is 0 Å². The van der Waals surface area contributed by atoms with E-state index in [0.717, 1.165) is 12.8 Å². The van der Waals surface area contributed by atoms with Crippen LogP contribution in [0.4, 0.5) is 0 Å². The van der Waals surface area contributed by atoms with Crippen LogP contribution in [0.25, 0.3) is 0 Å². The van der Waals surface area contributed by atoms with Gasteiger partial charge in [0.1, 0.15) is 0 Å². The molecule has 0 bridgehead atoms. The molecule has 0 radical (unpaired) electrons. The highest BCUT2D eigenvalue weighted by atomic mass is 32.2. The maximum Gasteiger partial charge on any atom is 0.282 e. The van der Waals surface area contributed by atoms with Crippen molar-refractivity contribution in [3.63, 3.8) is 0 Å². The third-order valence-corrected chi connectivity index (χ3v) is 5.90. The second-order valence-corrected chi connectivity index (χ2v) is 6.97. The van der Waals surface area contributed by atoms with Gasteiger partial charge < -0.3 is 0 Å². The first kappa shape index (κ1) is 14.9. The Bertz CT molecular complexity index is 332. The first-order valence-electron chi connectivity index (χ1n) is 6.64. The highest BCUT2D eigenvalue weighted by Gasteiger charge is 2.43. The third-order valence-electron chi connectivity index (χ3n) is 3.57. The van der Waals surface area contributed by atoms with E-state index < -0.39 is 10.2 Å². The van der Waals surface area contributed by atoms with Crippen molar-refractivity contribution in [1.29, 1.82) is 0 Å². The van der Waals surface area contributed by atoms with Gasteiger partial charge in [0.25, 0.3) is 10.2 Å². The van der Waals surface area contributed by atoms with Crippen molar-refractivity contribution in [2.45, 2.75) is 59.5 Å². The molecule has 1 fully saturated rings. The number of rotatable bonds is 7. The lowest BCUT2D eigenvalue weighted by Crippen LogP contribution is -2.50. The standard InChI is InChI=1S/C12H26N2O2S/c1-6-13(7-2)17(15,16)14(12-8-9-12)11(5)10(3)4/h10-12H,6-9H2,1-5H3. The average molecular weight is 262 g/mol. The summed E-state index contributed by atoms with van der Waals surface area (Å²) < 4.78 is 28.4. The van der Waals surface area contributed by atoms with Crippen molar-refractivity contribution < 1.29 is 8.42 Å². The maximum atomic E-state index is 12.6. The molecule has 1 aliphatic carbocycles. The predicted molar refractivity (Wildman–Crippen MR) is 71.0 cm³/mol. The molecule has 0 amide bonds. The van der Waals surface area contributed by atoms with Crippen molar-refractivity contribution in [3.8, 4) is 0 Å². The summed E-state index contributed by atoms with van der Waals surface area (Å²) in [5, 5.41) is 0. The first-order chi connectivity index (χ1) is 7.86. The molecule has 0 N–H and O–H groups in total. The number of hydrogen-bond donors (Lipinski definition) is 0. The molecular weight excluding hydrogens is 236 g/mol. The topological polar surface area (TPSA) is 40.6 Å². The molecule has 102 valence electrons. The minimum absolute atomic E-state index is 0.0769. The van der Waals surface area contributed by atoms with Gasteiger partial charge in [-0.05, 0) is 25.7 Å². The lowest BCUT2D eigenvalue weighted by molar-refractivity contribution is 0.247. The second-order valence-electron chi connectivity index (χ2n) is 5.14. The maximum absolute atomic E-state index is 12.6. The van der Waals surface area contributed by atoms with Crippen LogP contribution in [-0.2, 0) is 10.2 Å². The lowest BCUT2D eigenvalue weighted by atomic mass is 10.1. The molecule has 1 aliphatic rings. The SMILES string of the molecule is CCN(CC)S(=O)(=O)N(C1CC1)C(C)C(C)C. The van der Waals surface area contributed by atoms with Crippen molar-refractivity contribution in [2.24, 2.45) is 5.92 Å². The van der Waals surface area contributed by atoms with Gasteiger partial charge >= 0.3 is 0 Å². The van der Waals surface area contributed by atoms with Crippen LogP contribution in [0.1, 0.15) is 47.5 Å². The fourth-order valence-corrected chi connectivity index (χ4v) is 4.21. The summed E-state index contributed by atoms with van der Waals surface area (Å²) in [6, 6.07) is 0.311. The van der Waals surface area contributed by atoms with Gasteiger partial charge in [-0.2, -0.15) is 17.0 Å². The van der Waals surface area contributed by atoms with Gasteiger partial charge in [0.05, 0.1) is 0 Å². The highest BCUT2D eigenvalue weighted by Crippen LogP contribution is 2.34. The van der Waals surface area contributed by atoms with Gasteiger partial charge in [-0.1, -0.05) is 27.7 Å². The molecule has 0 saturated heterocycles. The largest absolute Gasteiger partial charge is 0.282 e. The molecule has 0 aromatic carbocycles. The molecule has 0 heterocycles. The van der Waals surface area contributed by atoms with Crippen LogP contribution < -0.4 is 0 Å². The van der Waals surface area contributed by atoms with E-state index in [1.807, 2.05) is 20.8 Å². The van der Waals surface area contributed by atoms with Crippen molar-refractivity contribution in [2.75, 3.05) is 13.1 Å². The highest BCUT2D eigenvalue weighted by molar-refractivity contribution is 7.86. The smallest absolute Gasteiger partial charge is 0.195 e. The van der Waals surface area contributed by atoms with Crippen LogP contribution >= 0.6 is 0 Å². The third kappa shape index (κ3) is 3.20. The second kappa shape index (κ2) is 5.67. The predicted octanol–water partition coefficient (Wildman–Crippen LogP) is 2.08. The van der Waals surface area contributed by atoms with E-state index in [4.69, 9.17) is 0 Å². The molecule has 0 aromatic rings. The Balaban J connectivity index is 2.97. The molecule has 17 heavy (non-hydrogen) atoms. The van der Waals surface area contributed by atoms with Crippen molar-refractivity contribution >= 4 is 10.2 Å². The fourth-order valence-electron chi connectivity index (χ4n) is 2.04. The van der Waals surface area contributed by atoms with Crippen LogP contribution in [0.5, 0.6) is 0 Å². The summed E-state index contributed by atoms with van der Waals surface area (Å²) in [6.45, 7) is 11.1. The summed E-state index contributed by atoms with van der Waals surface area (Å²) in [6.07, 6.45) is 2.02. The summed E-state index contributed by atoms with van der Waals surface area (Å²) in [4.78, 5) is 0. The number of hydrogen-bond acceptors (Lipinski definition) is 2. The fraction of sp³-hybridized carbons (Fsp3) is 1.00. The summed E-state index contributed by atoms with van der Waals surface area (Å²) in [7, 11) is -3.28. The van der Waals surface area contributed by atoms with Crippen LogP contribution in [0, 0.1) is 5.92 Å². The molecule has 1 rings (SSSR count). The van der Waals surface area contributed by atoms with E-state index in [0.29, 0.717) is 19.0 Å². The van der Waals surface area contributed by atoms with Crippen LogP contribution in [0.3, 0.4) is 0 Å². The first-order valence-corrected chi connectivity index (χ1v) is 8.04. The normalized spacial score (nSPS) is 19.3. The molecule has 0 spiro atoms. The zero-order chi connectivity index (χ0) is 13.2. The van der Waals surface area contributed by atoms with Gasteiger partial charge in [-0.15, -0.1) is 0 Å².